The van der Waals surface area contributed by atoms with Crippen molar-refractivity contribution in [2.45, 2.75) is 31.2 Å². The molecule has 0 bridgehead atoms. The van der Waals surface area contributed by atoms with Crippen molar-refractivity contribution in [2.75, 3.05) is 5.75 Å². The summed E-state index contributed by atoms with van der Waals surface area (Å²) in [5.74, 6) is 1.39. The molecule has 1 aromatic carbocycles. The van der Waals surface area contributed by atoms with Crippen LogP contribution >= 0.6 is 39.0 Å². The molecule has 1 atom stereocenters. The lowest BCUT2D eigenvalue weighted by molar-refractivity contribution is 0.0994. The Labute approximate surface area is 178 Å². The summed E-state index contributed by atoms with van der Waals surface area (Å²) >= 11 is 6.71. The van der Waals surface area contributed by atoms with Crippen LogP contribution in [-0.2, 0) is 12.8 Å². The van der Waals surface area contributed by atoms with E-state index in [9.17, 15) is 4.79 Å². The minimum Gasteiger partial charge on any atom is -0.453 e. The standard InChI is InChI=1S/C21H17BrN2O2S2/c1-11-2-4-14-18(6-11)28-21-19(14)20(23-10-24-21)27-9-15(25)17-8-12-7-13(22)3-5-16(12)26-17/h3,5,7-8,10-11H,2,4,6,9H2,1H3. The van der Waals surface area contributed by atoms with E-state index in [4.69, 9.17) is 4.42 Å². The molecule has 0 amide bonds. The Kier molecular flexibility index (Phi) is 4.77. The van der Waals surface area contributed by atoms with E-state index >= 15 is 0 Å². The van der Waals surface area contributed by atoms with Crippen LogP contribution in [0.3, 0.4) is 0 Å². The number of carbonyl (C=O) groups is 1. The molecule has 3 heterocycles. The molecule has 1 aliphatic rings. The van der Waals surface area contributed by atoms with Crippen molar-refractivity contribution < 1.29 is 9.21 Å². The zero-order valence-electron chi connectivity index (χ0n) is 15.2. The Hall–Kier alpha value is -1.70. The normalized spacial score (nSPS) is 16.6. The van der Waals surface area contributed by atoms with E-state index in [1.54, 1.807) is 17.7 Å². The summed E-state index contributed by atoms with van der Waals surface area (Å²) in [7, 11) is 0. The summed E-state index contributed by atoms with van der Waals surface area (Å²) in [5, 5.41) is 2.98. The summed E-state index contributed by atoms with van der Waals surface area (Å²) < 4.78 is 6.70. The minimum absolute atomic E-state index is 0.0261. The quantitative estimate of drug-likeness (QED) is 0.198. The minimum atomic E-state index is -0.0261. The first-order chi connectivity index (χ1) is 13.6. The first-order valence-corrected chi connectivity index (χ1v) is 11.8. The lowest BCUT2D eigenvalue weighted by atomic mass is 9.89. The van der Waals surface area contributed by atoms with Gasteiger partial charge in [-0.15, -0.1) is 11.3 Å². The first-order valence-electron chi connectivity index (χ1n) is 9.19. The van der Waals surface area contributed by atoms with Crippen LogP contribution in [0.2, 0.25) is 0 Å². The molecular formula is C21H17BrN2O2S2. The second kappa shape index (κ2) is 7.28. The van der Waals surface area contributed by atoms with Crippen LogP contribution in [0.4, 0.5) is 0 Å². The zero-order chi connectivity index (χ0) is 19.3. The van der Waals surface area contributed by atoms with Gasteiger partial charge < -0.3 is 4.42 Å². The topological polar surface area (TPSA) is 56.0 Å². The molecule has 0 saturated heterocycles. The average molecular weight is 473 g/mol. The van der Waals surface area contributed by atoms with Crippen LogP contribution in [-0.4, -0.2) is 21.5 Å². The van der Waals surface area contributed by atoms with Gasteiger partial charge in [0.1, 0.15) is 21.8 Å². The van der Waals surface area contributed by atoms with E-state index in [0.29, 0.717) is 11.5 Å². The van der Waals surface area contributed by atoms with E-state index in [-0.39, 0.29) is 5.78 Å². The van der Waals surface area contributed by atoms with Crippen LogP contribution in [0, 0.1) is 5.92 Å². The monoisotopic (exact) mass is 472 g/mol. The molecule has 4 nitrogen and oxygen atoms in total. The molecule has 0 fully saturated rings. The fraction of sp³-hybridized carbons (Fsp3) is 0.286. The second-order valence-corrected chi connectivity index (χ2v) is 10.2. The van der Waals surface area contributed by atoms with Crippen molar-refractivity contribution in [3.8, 4) is 0 Å². The SMILES string of the molecule is CC1CCc2c(sc3ncnc(SCC(=O)c4cc5cc(Br)ccc5o4)c23)C1. The summed E-state index contributed by atoms with van der Waals surface area (Å²) in [6.07, 6.45) is 5.00. The molecular weight excluding hydrogens is 456 g/mol. The highest BCUT2D eigenvalue weighted by molar-refractivity contribution is 9.10. The van der Waals surface area contributed by atoms with Crippen molar-refractivity contribution in [2.24, 2.45) is 5.92 Å². The van der Waals surface area contributed by atoms with Crippen LogP contribution in [0.25, 0.3) is 21.2 Å². The maximum Gasteiger partial charge on any atom is 0.208 e. The van der Waals surface area contributed by atoms with Gasteiger partial charge in [0.15, 0.2) is 5.76 Å². The summed E-state index contributed by atoms with van der Waals surface area (Å²) in [4.78, 5) is 24.2. The van der Waals surface area contributed by atoms with Gasteiger partial charge >= 0.3 is 0 Å². The Morgan fingerprint density at radius 3 is 3.14 bits per heavy atom. The fourth-order valence-corrected chi connectivity index (χ4v) is 6.40. The second-order valence-electron chi connectivity index (χ2n) is 7.22. The number of fused-ring (bicyclic) bond motifs is 4. The van der Waals surface area contributed by atoms with Crippen LogP contribution in [0.1, 0.15) is 34.3 Å². The third kappa shape index (κ3) is 3.29. The number of thiophene rings is 1. The Bertz CT molecular complexity index is 1210. The molecule has 3 aromatic heterocycles. The summed E-state index contributed by atoms with van der Waals surface area (Å²) in [6, 6.07) is 7.55. The molecule has 7 heteroatoms. The number of aromatic nitrogens is 2. The predicted octanol–water partition coefficient (Wildman–Crippen LogP) is 6.30. The van der Waals surface area contributed by atoms with E-state index in [0.717, 1.165) is 49.4 Å². The maximum atomic E-state index is 12.7. The van der Waals surface area contributed by atoms with E-state index in [2.05, 4.69) is 32.8 Å². The predicted molar refractivity (Wildman–Crippen MR) is 118 cm³/mol. The van der Waals surface area contributed by atoms with Crippen LogP contribution < -0.4 is 0 Å². The third-order valence-corrected chi connectivity index (χ3v) is 7.80. The number of nitrogens with zero attached hydrogens (tertiary/aromatic N) is 2. The molecule has 1 unspecified atom stereocenters. The number of aryl methyl sites for hydroxylation is 1. The Morgan fingerprint density at radius 1 is 1.36 bits per heavy atom. The number of rotatable bonds is 4. The van der Waals surface area contributed by atoms with E-state index in [1.807, 2.05) is 24.3 Å². The molecule has 0 spiro atoms. The number of benzene rings is 1. The molecule has 0 radical (unpaired) electrons. The largest absolute Gasteiger partial charge is 0.453 e. The molecule has 0 aliphatic heterocycles. The molecule has 28 heavy (non-hydrogen) atoms. The van der Waals surface area contributed by atoms with Crippen LogP contribution in [0.15, 0.2) is 44.5 Å². The molecule has 5 rings (SSSR count). The van der Waals surface area contributed by atoms with Gasteiger partial charge in [-0.2, -0.15) is 0 Å². The van der Waals surface area contributed by atoms with Gasteiger partial charge in [0.2, 0.25) is 5.78 Å². The lowest BCUT2D eigenvalue weighted by Gasteiger charge is -2.18. The van der Waals surface area contributed by atoms with Crippen molar-refractivity contribution in [3.63, 3.8) is 0 Å². The highest BCUT2D eigenvalue weighted by Gasteiger charge is 2.23. The first kappa shape index (κ1) is 18.3. The third-order valence-electron chi connectivity index (χ3n) is 5.15. The van der Waals surface area contributed by atoms with Gasteiger partial charge in [0.25, 0.3) is 0 Å². The van der Waals surface area contributed by atoms with Crippen molar-refractivity contribution in [1.29, 1.82) is 0 Å². The fourth-order valence-electron chi connectivity index (χ4n) is 3.71. The summed E-state index contributed by atoms with van der Waals surface area (Å²) in [5.41, 5.74) is 2.12. The average Bonchev–Trinajstić information content (AvgIpc) is 3.26. The van der Waals surface area contributed by atoms with Gasteiger partial charge in [-0.05, 0) is 55.0 Å². The van der Waals surface area contributed by atoms with Crippen molar-refractivity contribution >= 4 is 66.0 Å². The van der Waals surface area contributed by atoms with Gasteiger partial charge in [-0.3, -0.25) is 4.79 Å². The molecule has 4 aromatic rings. The van der Waals surface area contributed by atoms with Crippen molar-refractivity contribution in [1.82, 2.24) is 9.97 Å². The van der Waals surface area contributed by atoms with Crippen molar-refractivity contribution in [3.05, 3.63) is 51.3 Å². The van der Waals surface area contributed by atoms with Gasteiger partial charge in [0.05, 0.1) is 5.75 Å². The number of Topliss-reactive ketones (excluding diaryl/α,β-unsaturated/α-hetero) is 1. The molecule has 0 saturated carbocycles. The van der Waals surface area contributed by atoms with Gasteiger partial charge in [-0.1, -0.05) is 34.6 Å². The number of carbonyl (C=O) groups excluding carboxylic acids is 1. The zero-order valence-corrected chi connectivity index (χ0v) is 18.4. The van der Waals surface area contributed by atoms with E-state index < -0.39 is 0 Å². The number of hydrogen-bond acceptors (Lipinski definition) is 6. The molecule has 1 aliphatic carbocycles. The van der Waals surface area contributed by atoms with Gasteiger partial charge in [0, 0.05) is 20.1 Å². The Morgan fingerprint density at radius 2 is 2.25 bits per heavy atom. The number of halogens is 1. The highest BCUT2D eigenvalue weighted by atomic mass is 79.9. The smallest absolute Gasteiger partial charge is 0.208 e. The van der Waals surface area contributed by atoms with Crippen LogP contribution in [0.5, 0.6) is 0 Å². The molecule has 142 valence electrons. The number of thioether (sulfide) groups is 1. The van der Waals surface area contributed by atoms with E-state index in [1.165, 1.54) is 28.6 Å². The van der Waals surface area contributed by atoms with Gasteiger partial charge in [-0.25, -0.2) is 9.97 Å². The Balaban J connectivity index is 1.41. The summed E-state index contributed by atoms with van der Waals surface area (Å²) in [6.45, 7) is 2.30. The number of ketones is 1. The number of furan rings is 1. The lowest BCUT2D eigenvalue weighted by Crippen LogP contribution is -2.08. The highest BCUT2D eigenvalue weighted by Crippen LogP contribution is 2.40. The molecule has 0 N–H and O–H groups in total. The number of hydrogen-bond donors (Lipinski definition) is 0. The maximum absolute atomic E-state index is 12.7.